The van der Waals surface area contributed by atoms with Crippen molar-refractivity contribution < 1.29 is 14.4 Å². The first-order valence-corrected chi connectivity index (χ1v) is 10.8. The van der Waals surface area contributed by atoms with E-state index < -0.39 is 4.92 Å². The highest BCUT2D eigenvalue weighted by atomic mass is 16.6. The minimum absolute atomic E-state index is 0.0830. The largest absolute Gasteiger partial charge is 0.497 e. The first-order valence-electron chi connectivity index (χ1n) is 10.8. The van der Waals surface area contributed by atoms with Crippen LogP contribution in [-0.2, 0) is 17.8 Å². The monoisotopic (exact) mass is 441 g/mol. The molecule has 1 unspecified atom stereocenters. The molecular weight excluding hydrogens is 410 g/mol. The standard InChI is InChI=1S/C23H31N5O4/c1-18(27-11-13-32-14-12-27)15-24-23(26-17-20-5-9-22(31-2)10-6-20)25-16-19-3-7-21(8-4-19)28(29)30/h3-10,18H,11-17H2,1-2H3,(H2,24,25,26). The summed E-state index contributed by atoms with van der Waals surface area (Å²) < 4.78 is 10.7. The van der Waals surface area contributed by atoms with Crippen molar-refractivity contribution in [1.82, 2.24) is 15.5 Å². The molecule has 2 aromatic rings. The molecule has 1 aliphatic heterocycles. The number of nitro benzene ring substituents is 1. The lowest BCUT2D eigenvalue weighted by molar-refractivity contribution is -0.384. The van der Waals surface area contributed by atoms with E-state index in [-0.39, 0.29) is 5.69 Å². The fraction of sp³-hybridized carbons (Fsp3) is 0.435. The topological polar surface area (TPSA) is 101 Å². The Labute approximate surface area is 188 Å². The zero-order valence-corrected chi connectivity index (χ0v) is 18.6. The molecule has 9 nitrogen and oxygen atoms in total. The molecular formula is C23H31N5O4. The second-order valence-electron chi connectivity index (χ2n) is 7.67. The van der Waals surface area contributed by atoms with Crippen molar-refractivity contribution in [3.05, 3.63) is 69.8 Å². The smallest absolute Gasteiger partial charge is 0.269 e. The van der Waals surface area contributed by atoms with Crippen LogP contribution in [0.1, 0.15) is 18.1 Å². The average Bonchev–Trinajstić information content (AvgIpc) is 2.84. The number of nitrogens with one attached hydrogen (secondary N) is 2. The lowest BCUT2D eigenvalue weighted by Gasteiger charge is -2.32. The number of methoxy groups -OCH3 is 1. The van der Waals surface area contributed by atoms with Crippen molar-refractivity contribution in [2.75, 3.05) is 40.0 Å². The Balaban J connectivity index is 1.62. The first-order chi connectivity index (χ1) is 15.5. The van der Waals surface area contributed by atoms with E-state index in [0.29, 0.717) is 25.1 Å². The van der Waals surface area contributed by atoms with E-state index in [1.165, 1.54) is 12.1 Å². The summed E-state index contributed by atoms with van der Waals surface area (Å²) >= 11 is 0. The molecule has 2 N–H and O–H groups in total. The maximum Gasteiger partial charge on any atom is 0.269 e. The number of benzene rings is 2. The molecule has 1 heterocycles. The second-order valence-corrected chi connectivity index (χ2v) is 7.67. The van der Waals surface area contributed by atoms with Crippen LogP contribution in [0.25, 0.3) is 0 Å². The SMILES string of the molecule is COc1ccc(CN=C(NCc2ccc([N+](=O)[O-])cc2)NCC(C)N2CCOCC2)cc1. The summed E-state index contributed by atoms with van der Waals surface area (Å²) in [4.78, 5) is 17.6. The van der Waals surface area contributed by atoms with E-state index >= 15 is 0 Å². The van der Waals surface area contributed by atoms with E-state index in [1.807, 2.05) is 24.3 Å². The summed E-state index contributed by atoms with van der Waals surface area (Å²) in [7, 11) is 1.65. The van der Waals surface area contributed by atoms with Crippen molar-refractivity contribution in [2.24, 2.45) is 4.99 Å². The molecule has 32 heavy (non-hydrogen) atoms. The molecule has 172 valence electrons. The van der Waals surface area contributed by atoms with Gasteiger partial charge in [0.05, 0.1) is 31.8 Å². The summed E-state index contributed by atoms with van der Waals surface area (Å²) in [5.74, 6) is 1.51. The van der Waals surface area contributed by atoms with Gasteiger partial charge in [-0.1, -0.05) is 24.3 Å². The Bertz CT molecular complexity index is 880. The van der Waals surface area contributed by atoms with E-state index in [4.69, 9.17) is 14.5 Å². The van der Waals surface area contributed by atoms with Gasteiger partial charge in [0.25, 0.3) is 5.69 Å². The fourth-order valence-electron chi connectivity index (χ4n) is 3.39. The number of aliphatic imine (C=N–C) groups is 1. The number of ether oxygens (including phenoxy) is 2. The molecule has 3 rings (SSSR count). The molecule has 0 bridgehead atoms. The molecule has 2 aromatic carbocycles. The van der Waals surface area contributed by atoms with Crippen molar-refractivity contribution in [3.8, 4) is 5.75 Å². The Hall–Kier alpha value is -3.17. The van der Waals surface area contributed by atoms with Gasteiger partial charge in [-0.25, -0.2) is 4.99 Å². The lowest BCUT2D eigenvalue weighted by atomic mass is 10.2. The zero-order valence-electron chi connectivity index (χ0n) is 18.6. The third kappa shape index (κ3) is 7.21. The van der Waals surface area contributed by atoms with Gasteiger partial charge in [-0.15, -0.1) is 0 Å². The number of hydrogen-bond donors (Lipinski definition) is 2. The summed E-state index contributed by atoms with van der Waals surface area (Å²) in [6, 6.07) is 14.7. The predicted molar refractivity (Wildman–Crippen MR) is 124 cm³/mol. The quantitative estimate of drug-likeness (QED) is 0.267. The van der Waals surface area contributed by atoms with Crippen LogP contribution in [0, 0.1) is 10.1 Å². The molecule has 1 aliphatic rings. The van der Waals surface area contributed by atoms with E-state index in [0.717, 1.165) is 49.7 Å². The maximum atomic E-state index is 10.9. The van der Waals surface area contributed by atoms with Crippen molar-refractivity contribution in [1.29, 1.82) is 0 Å². The van der Waals surface area contributed by atoms with Gasteiger partial charge < -0.3 is 20.1 Å². The second kappa shape index (κ2) is 12.0. The van der Waals surface area contributed by atoms with Crippen LogP contribution in [0.5, 0.6) is 5.75 Å². The average molecular weight is 442 g/mol. The van der Waals surface area contributed by atoms with E-state index in [2.05, 4.69) is 22.5 Å². The first kappa shape index (κ1) is 23.5. The number of guanidine groups is 1. The normalized spacial score (nSPS) is 15.8. The van der Waals surface area contributed by atoms with Crippen LogP contribution in [0.3, 0.4) is 0 Å². The van der Waals surface area contributed by atoms with Gasteiger partial charge in [-0.3, -0.25) is 15.0 Å². The summed E-state index contributed by atoms with van der Waals surface area (Å²) in [6.07, 6.45) is 0. The maximum absolute atomic E-state index is 10.9. The van der Waals surface area contributed by atoms with Crippen LogP contribution >= 0.6 is 0 Å². The van der Waals surface area contributed by atoms with Crippen LogP contribution in [0.4, 0.5) is 5.69 Å². The molecule has 1 fully saturated rings. The highest BCUT2D eigenvalue weighted by Crippen LogP contribution is 2.13. The number of rotatable bonds is 9. The van der Waals surface area contributed by atoms with E-state index in [1.54, 1.807) is 19.2 Å². The fourth-order valence-corrected chi connectivity index (χ4v) is 3.39. The summed E-state index contributed by atoms with van der Waals surface area (Å²) in [5.41, 5.74) is 2.10. The van der Waals surface area contributed by atoms with Crippen LogP contribution in [-0.4, -0.2) is 61.8 Å². The molecule has 1 saturated heterocycles. The van der Waals surface area contributed by atoms with Gasteiger partial charge in [0.1, 0.15) is 5.75 Å². The minimum Gasteiger partial charge on any atom is -0.497 e. The Morgan fingerprint density at radius 1 is 1.12 bits per heavy atom. The van der Waals surface area contributed by atoms with Gasteiger partial charge in [0.15, 0.2) is 5.96 Å². The number of hydrogen-bond acceptors (Lipinski definition) is 6. The molecule has 0 radical (unpaired) electrons. The number of morpholine rings is 1. The minimum atomic E-state index is -0.395. The third-order valence-electron chi connectivity index (χ3n) is 5.42. The number of nitrogens with zero attached hydrogens (tertiary/aromatic N) is 3. The number of non-ortho nitro benzene ring substituents is 1. The lowest BCUT2D eigenvalue weighted by Crippen LogP contribution is -2.49. The molecule has 0 amide bonds. The Morgan fingerprint density at radius 2 is 1.78 bits per heavy atom. The van der Waals surface area contributed by atoms with Gasteiger partial charge in [-0.2, -0.15) is 0 Å². The molecule has 0 aromatic heterocycles. The third-order valence-corrected chi connectivity index (χ3v) is 5.42. The predicted octanol–water partition coefficient (Wildman–Crippen LogP) is 2.56. The van der Waals surface area contributed by atoms with Crippen LogP contribution in [0.2, 0.25) is 0 Å². The van der Waals surface area contributed by atoms with Gasteiger partial charge in [-0.05, 0) is 30.2 Å². The zero-order chi connectivity index (χ0) is 22.8. The molecule has 1 atom stereocenters. The van der Waals surface area contributed by atoms with Crippen LogP contribution in [0.15, 0.2) is 53.5 Å². The Kier molecular flexibility index (Phi) is 8.82. The van der Waals surface area contributed by atoms with Crippen molar-refractivity contribution in [2.45, 2.75) is 26.1 Å². The van der Waals surface area contributed by atoms with E-state index in [9.17, 15) is 10.1 Å². The summed E-state index contributed by atoms with van der Waals surface area (Å²) in [6.45, 7) is 7.35. The van der Waals surface area contributed by atoms with Crippen molar-refractivity contribution in [3.63, 3.8) is 0 Å². The summed E-state index contributed by atoms with van der Waals surface area (Å²) in [5, 5.41) is 17.6. The Morgan fingerprint density at radius 3 is 2.41 bits per heavy atom. The highest BCUT2D eigenvalue weighted by Gasteiger charge is 2.17. The molecule has 0 aliphatic carbocycles. The molecule has 0 spiro atoms. The highest BCUT2D eigenvalue weighted by molar-refractivity contribution is 5.79. The van der Waals surface area contributed by atoms with Gasteiger partial charge in [0, 0.05) is 44.4 Å². The van der Waals surface area contributed by atoms with Gasteiger partial charge >= 0.3 is 0 Å². The molecule has 0 saturated carbocycles. The van der Waals surface area contributed by atoms with Crippen molar-refractivity contribution >= 4 is 11.6 Å². The number of nitro groups is 1. The van der Waals surface area contributed by atoms with Gasteiger partial charge in [0.2, 0.25) is 0 Å². The molecule has 9 heteroatoms. The van der Waals surface area contributed by atoms with Crippen LogP contribution < -0.4 is 15.4 Å².